The van der Waals surface area contributed by atoms with Crippen molar-refractivity contribution in [1.29, 1.82) is 0 Å². The molecule has 1 atom stereocenters. The third-order valence-corrected chi connectivity index (χ3v) is 5.46. The van der Waals surface area contributed by atoms with Crippen molar-refractivity contribution < 1.29 is 22.7 Å². The van der Waals surface area contributed by atoms with Gasteiger partial charge in [0.25, 0.3) is 5.92 Å². The molecule has 0 radical (unpaired) electrons. The van der Waals surface area contributed by atoms with Gasteiger partial charge in [-0.3, -0.25) is 0 Å². The van der Waals surface area contributed by atoms with Crippen LogP contribution in [0.1, 0.15) is 24.8 Å². The van der Waals surface area contributed by atoms with Crippen molar-refractivity contribution in [2.75, 3.05) is 0 Å². The molecule has 2 aromatic rings. The lowest BCUT2D eigenvalue weighted by molar-refractivity contribution is -0.337. The lowest BCUT2D eigenvalue weighted by atomic mass is 9.40. The lowest BCUT2D eigenvalue weighted by Crippen LogP contribution is -2.69. The third-order valence-electron chi connectivity index (χ3n) is 5.46. The van der Waals surface area contributed by atoms with Gasteiger partial charge in [-0.2, -0.15) is 5.10 Å². The molecule has 1 N–H and O–H groups in total. The van der Waals surface area contributed by atoms with Gasteiger partial charge in [0.2, 0.25) is 0 Å². The third kappa shape index (κ3) is 1.89. The van der Waals surface area contributed by atoms with E-state index in [2.05, 4.69) is 10.1 Å². The Hall–Kier alpha value is -1.96. The maximum atomic E-state index is 15.3. The molecule has 128 valence electrons. The summed E-state index contributed by atoms with van der Waals surface area (Å²) in [6.07, 6.45) is 3.23. The van der Waals surface area contributed by atoms with Crippen LogP contribution in [0.4, 0.5) is 17.6 Å². The summed E-state index contributed by atoms with van der Waals surface area (Å²) in [5.74, 6) is -5.43. The van der Waals surface area contributed by atoms with Gasteiger partial charge in [-0.15, -0.1) is 0 Å². The fraction of sp³-hybridized carbons (Fsp3) is 0.500. The Kier molecular flexibility index (Phi) is 3.10. The highest BCUT2D eigenvalue weighted by Gasteiger charge is 2.76. The maximum Gasteiger partial charge on any atom is 0.287 e. The number of aromatic nitrogens is 3. The van der Waals surface area contributed by atoms with E-state index in [0.717, 1.165) is 23.1 Å². The molecule has 5 rings (SSSR count). The second-order valence-corrected chi connectivity index (χ2v) is 6.91. The van der Waals surface area contributed by atoms with E-state index in [9.17, 15) is 13.9 Å². The molecule has 0 unspecified atom stereocenters. The second-order valence-electron chi connectivity index (χ2n) is 6.91. The summed E-state index contributed by atoms with van der Waals surface area (Å²) in [5.41, 5.74) is -4.80. The van der Waals surface area contributed by atoms with E-state index in [4.69, 9.17) is 0 Å². The fourth-order valence-electron chi connectivity index (χ4n) is 4.03. The van der Waals surface area contributed by atoms with Gasteiger partial charge in [-0.25, -0.2) is 27.2 Å². The minimum absolute atomic E-state index is 0.254. The van der Waals surface area contributed by atoms with Crippen molar-refractivity contribution in [3.63, 3.8) is 0 Å². The number of rotatable bonds is 5. The van der Waals surface area contributed by atoms with Crippen molar-refractivity contribution in [1.82, 2.24) is 14.8 Å². The van der Waals surface area contributed by atoms with E-state index in [1.807, 2.05) is 0 Å². The van der Waals surface area contributed by atoms with Crippen LogP contribution in [0.5, 0.6) is 0 Å². The van der Waals surface area contributed by atoms with Gasteiger partial charge in [0.1, 0.15) is 24.3 Å². The Morgan fingerprint density at radius 2 is 1.96 bits per heavy atom. The zero-order chi connectivity index (χ0) is 17.2. The van der Waals surface area contributed by atoms with Gasteiger partial charge in [0.15, 0.2) is 5.60 Å². The topological polar surface area (TPSA) is 50.9 Å². The number of benzene rings is 1. The second kappa shape index (κ2) is 4.78. The summed E-state index contributed by atoms with van der Waals surface area (Å²) >= 11 is 0. The Labute approximate surface area is 135 Å². The normalized spacial score (nSPS) is 28.0. The van der Waals surface area contributed by atoms with Crippen molar-refractivity contribution in [2.24, 2.45) is 11.3 Å². The van der Waals surface area contributed by atoms with Crippen LogP contribution < -0.4 is 0 Å². The van der Waals surface area contributed by atoms with Gasteiger partial charge in [0.05, 0.1) is 6.54 Å². The van der Waals surface area contributed by atoms with Crippen LogP contribution in [0, 0.1) is 23.0 Å². The highest BCUT2D eigenvalue weighted by molar-refractivity contribution is 5.31. The first kappa shape index (κ1) is 15.6. The first-order chi connectivity index (χ1) is 11.3. The minimum Gasteiger partial charge on any atom is -0.377 e. The number of alkyl halides is 2. The average Bonchev–Trinajstić information content (AvgIpc) is 2.86. The molecule has 0 spiro atoms. The van der Waals surface area contributed by atoms with Crippen molar-refractivity contribution in [3.8, 4) is 0 Å². The Bertz CT molecular complexity index is 763. The molecular weight excluding hydrogens is 326 g/mol. The minimum atomic E-state index is -3.58. The molecule has 1 aromatic heterocycles. The number of aliphatic hydroxyl groups is 1. The summed E-state index contributed by atoms with van der Waals surface area (Å²) in [6.45, 7) is -0.672. The predicted octanol–water partition coefficient (Wildman–Crippen LogP) is 2.88. The van der Waals surface area contributed by atoms with Crippen molar-refractivity contribution in [2.45, 2.75) is 37.3 Å². The molecule has 3 fully saturated rings. The molecule has 1 heterocycles. The number of hydrogen-bond acceptors (Lipinski definition) is 3. The van der Waals surface area contributed by atoms with Crippen LogP contribution in [-0.2, 0) is 12.1 Å². The van der Waals surface area contributed by atoms with Gasteiger partial charge >= 0.3 is 0 Å². The summed E-state index contributed by atoms with van der Waals surface area (Å²) in [6, 6.07) is 2.24. The standard InChI is InChI=1S/C16H15F4N3O/c17-11-1-2-12(13(18)3-11)15(24,7-23-9-21-8-22-23)16(19,20)14-4-10(5-14)6-14/h1-3,8-10,24H,4-7H2/t10?,14?,15-/m1/s1. The quantitative estimate of drug-likeness (QED) is 0.851. The summed E-state index contributed by atoms with van der Waals surface area (Å²) in [7, 11) is 0. The lowest BCUT2D eigenvalue weighted by Gasteiger charge is -2.66. The summed E-state index contributed by atoms with van der Waals surface area (Å²) in [5, 5.41) is 14.7. The molecule has 8 heteroatoms. The fourth-order valence-corrected chi connectivity index (χ4v) is 4.03. The molecule has 2 bridgehead atoms. The van der Waals surface area contributed by atoms with Crippen molar-refractivity contribution in [3.05, 3.63) is 48.1 Å². The Morgan fingerprint density at radius 1 is 1.25 bits per heavy atom. The molecule has 4 nitrogen and oxygen atoms in total. The van der Waals surface area contributed by atoms with Crippen LogP contribution >= 0.6 is 0 Å². The van der Waals surface area contributed by atoms with Gasteiger partial charge < -0.3 is 5.11 Å². The van der Waals surface area contributed by atoms with Gasteiger partial charge in [-0.05, 0) is 37.3 Å². The van der Waals surface area contributed by atoms with Crippen molar-refractivity contribution >= 4 is 0 Å². The highest BCUT2D eigenvalue weighted by atomic mass is 19.3. The van der Waals surface area contributed by atoms with Crippen LogP contribution in [0.15, 0.2) is 30.9 Å². The number of halogens is 4. The number of hydrogen-bond donors (Lipinski definition) is 1. The molecule has 3 saturated carbocycles. The largest absolute Gasteiger partial charge is 0.377 e. The molecule has 24 heavy (non-hydrogen) atoms. The molecule has 0 aliphatic heterocycles. The van der Waals surface area contributed by atoms with Crippen LogP contribution in [0.2, 0.25) is 0 Å². The Balaban J connectivity index is 1.82. The number of nitrogens with zero attached hydrogens (tertiary/aromatic N) is 3. The maximum absolute atomic E-state index is 15.3. The summed E-state index contributed by atoms with van der Waals surface area (Å²) < 4.78 is 59.1. The van der Waals surface area contributed by atoms with E-state index in [1.54, 1.807) is 0 Å². The van der Waals surface area contributed by atoms with E-state index in [-0.39, 0.29) is 5.92 Å². The molecule has 3 aliphatic rings. The monoisotopic (exact) mass is 341 g/mol. The van der Waals surface area contributed by atoms with Crippen LogP contribution in [-0.4, -0.2) is 25.8 Å². The van der Waals surface area contributed by atoms with E-state index >= 15 is 8.78 Å². The van der Waals surface area contributed by atoms with Crippen LogP contribution in [0.3, 0.4) is 0 Å². The zero-order valence-electron chi connectivity index (χ0n) is 12.6. The first-order valence-electron chi connectivity index (χ1n) is 7.66. The zero-order valence-corrected chi connectivity index (χ0v) is 12.6. The predicted molar refractivity (Wildman–Crippen MR) is 75.0 cm³/mol. The SMILES string of the molecule is O[C@](Cn1cncn1)(c1ccc(F)cc1F)C(F)(F)C12CC(C1)C2. The first-order valence-corrected chi connectivity index (χ1v) is 7.66. The molecule has 0 saturated heterocycles. The van der Waals surface area contributed by atoms with Gasteiger partial charge in [-0.1, -0.05) is 0 Å². The van der Waals surface area contributed by atoms with E-state index in [0.29, 0.717) is 25.3 Å². The van der Waals surface area contributed by atoms with E-state index in [1.165, 1.54) is 6.33 Å². The van der Waals surface area contributed by atoms with E-state index < -0.39 is 40.7 Å². The molecular formula is C16H15F4N3O. The molecule has 0 amide bonds. The highest BCUT2D eigenvalue weighted by Crippen LogP contribution is 2.73. The Morgan fingerprint density at radius 3 is 2.46 bits per heavy atom. The average molecular weight is 341 g/mol. The smallest absolute Gasteiger partial charge is 0.287 e. The van der Waals surface area contributed by atoms with Crippen LogP contribution in [0.25, 0.3) is 0 Å². The molecule has 3 aliphatic carbocycles. The summed E-state index contributed by atoms with van der Waals surface area (Å²) in [4.78, 5) is 3.67. The van der Waals surface area contributed by atoms with Gasteiger partial charge in [0, 0.05) is 17.0 Å². The molecule has 1 aromatic carbocycles.